The standard InChI is InChI=1S/C44H66FN11O18P2.CH4/c45-14-19-68-20-21-69-24-30-23-55(53-52-30)18-7-3-5-12-31(57)11-4-1-2-6-13-34(58)47-15-9-16-48-41-35-42(50-27-49-41)56(28-51-35)44-39(62)37(60)33(73-44)26-71-76(66,67)74-75(64,65)70-25-32-36(59)38(61)43(72-32)54-17-8-10-29(22-54)40(46)63;/h8,10,17,22-23,27-28,32-33,36-39,43-44,59-62H,1-7,9,11-16,18-21,24-26H2,(H5-,46,47,48,49,50,58,63,64,65,66,67);1H4/p+1/t32-,33-,36-,37-,38-,39-,43-,44-;/m1./s1. The van der Waals surface area contributed by atoms with E-state index in [0.717, 1.165) is 38.5 Å². The highest BCUT2D eigenvalue weighted by Gasteiger charge is 2.50. The zero-order valence-corrected chi connectivity index (χ0v) is 43.3. The molecule has 4 aromatic rings. The van der Waals surface area contributed by atoms with Crippen LogP contribution in [-0.2, 0) is 64.2 Å². The van der Waals surface area contributed by atoms with Crippen molar-refractivity contribution in [3.63, 3.8) is 0 Å². The molecule has 0 radical (unpaired) electrons. The average molecular weight is 1140 g/mol. The van der Waals surface area contributed by atoms with Gasteiger partial charge in [0.1, 0.15) is 60.6 Å². The quantitative estimate of drug-likeness (QED) is 0.0176. The van der Waals surface area contributed by atoms with Crippen LogP contribution in [0.5, 0.6) is 0 Å². The summed E-state index contributed by atoms with van der Waals surface area (Å²) in [5.41, 5.74) is 6.51. The maximum Gasteiger partial charge on any atom is 0.481 e. The summed E-state index contributed by atoms with van der Waals surface area (Å²) in [5, 5.41) is 56.9. The number of phosphoric acid groups is 2. The molecule has 77 heavy (non-hydrogen) atoms. The van der Waals surface area contributed by atoms with E-state index in [-0.39, 0.29) is 42.5 Å². The molecule has 6 heterocycles. The fourth-order valence-corrected chi connectivity index (χ4v) is 10.2. The molecule has 2 aliphatic heterocycles. The van der Waals surface area contributed by atoms with Crippen LogP contribution in [-0.4, -0.2) is 172 Å². The Hall–Kier alpha value is -4.88. The van der Waals surface area contributed by atoms with Crippen molar-refractivity contribution in [2.24, 2.45) is 5.73 Å². The van der Waals surface area contributed by atoms with Crippen LogP contribution in [0.25, 0.3) is 11.2 Å². The zero-order chi connectivity index (χ0) is 54.7. The van der Waals surface area contributed by atoms with E-state index in [1.165, 1.54) is 46.3 Å². The first-order valence-electron chi connectivity index (χ1n) is 24.7. The second-order valence-electron chi connectivity index (χ2n) is 17.9. The summed E-state index contributed by atoms with van der Waals surface area (Å²) >= 11 is 0. The molecule has 0 aromatic carbocycles. The summed E-state index contributed by atoms with van der Waals surface area (Å²) in [4.78, 5) is 69.6. The highest BCUT2D eigenvalue weighted by molar-refractivity contribution is 7.61. The number of halogens is 1. The summed E-state index contributed by atoms with van der Waals surface area (Å²) in [5.74, 6) is -0.299. The van der Waals surface area contributed by atoms with Gasteiger partial charge in [0, 0.05) is 45.0 Å². The second kappa shape index (κ2) is 31.1. The van der Waals surface area contributed by atoms with Crippen LogP contribution in [0.4, 0.5) is 10.2 Å². The number of unbranched alkanes of at least 4 members (excludes halogenated alkanes) is 5. The number of imidazole rings is 1. The van der Waals surface area contributed by atoms with Gasteiger partial charge in [0.2, 0.25) is 5.91 Å². The molecule has 2 fully saturated rings. The number of amides is 2. The molecular formula is C45H71FN11O18P2+. The van der Waals surface area contributed by atoms with Crippen LogP contribution < -0.4 is 20.9 Å². The summed E-state index contributed by atoms with van der Waals surface area (Å²) < 4.78 is 77.4. The second-order valence-corrected chi connectivity index (χ2v) is 20.9. The third kappa shape index (κ3) is 19.5. The van der Waals surface area contributed by atoms with E-state index in [4.69, 9.17) is 33.7 Å². The largest absolute Gasteiger partial charge is 0.481 e. The molecule has 32 heteroatoms. The van der Waals surface area contributed by atoms with Gasteiger partial charge in [0.15, 0.2) is 41.7 Å². The van der Waals surface area contributed by atoms with Gasteiger partial charge in [-0.2, -0.15) is 8.88 Å². The number of carbonyl (C=O) groups excluding carboxylic acids is 3. The highest BCUT2D eigenvalue weighted by atomic mass is 31.3. The molecule has 2 amide bonds. The van der Waals surface area contributed by atoms with Crippen molar-refractivity contribution in [1.29, 1.82) is 0 Å². The van der Waals surface area contributed by atoms with Crippen LogP contribution in [0.15, 0.2) is 43.4 Å². The first-order chi connectivity index (χ1) is 36.4. The number of anilines is 1. The first kappa shape index (κ1) is 63.0. The molecule has 4 aromatic heterocycles. The first-order valence-corrected chi connectivity index (χ1v) is 27.7. The molecule has 6 rings (SSSR count). The molecule has 0 bridgehead atoms. The van der Waals surface area contributed by atoms with Gasteiger partial charge < -0.3 is 65.5 Å². The van der Waals surface area contributed by atoms with Crippen LogP contribution in [0, 0.1) is 0 Å². The van der Waals surface area contributed by atoms with Gasteiger partial charge in [-0.15, -0.1) is 5.10 Å². The minimum atomic E-state index is -5.45. The molecule has 10 atom stereocenters. The molecule has 0 spiro atoms. The fourth-order valence-electron chi connectivity index (χ4n) is 8.12. The number of aliphatic hydroxyl groups excluding tert-OH is 4. The topological polar surface area (TPSA) is 400 Å². The number of hydrogen-bond acceptors (Lipinski definition) is 22. The van der Waals surface area contributed by atoms with Crippen molar-refractivity contribution < 1.29 is 95.0 Å². The number of nitrogens with zero attached hydrogens (tertiary/aromatic N) is 8. The third-order valence-electron chi connectivity index (χ3n) is 12.1. The average Bonchev–Trinajstić information content (AvgIpc) is 4.18. The predicted molar refractivity (Wildman–Crippen MR) is 265 cm³/mol. The van der Waals surface area contributed by atoms with E-state index in [9.17, 15) is 58.1 Å². The fraction of sp³-hybridized carbons (Fsp3) is 0.667. The van der Waals surface area contributed by atoms with E-state index in [2.05, 4.69) is 40.2 Å². The number of aliphatic hydroxyl groups is 4. The normalized spacial score (nSPS) is 22.8. The van der Waals surface area contributed by atoms with E-state index in [0.29, 0.717) is 83.1 Å². The van der Waals surface area contributed by atoms with Crippen LogP contribution in [0.1, 0.15) is 107 Å². The molecule has 10 N–H and O–H groups in total. The van der Waals surface area contributed by atoms with Gasteiger partial charge in [-0.3, -0.25) is 32.7 Å². The minimum absolute atomic E-state index is 0. The number of nitrogens with two attached hydrogens (primary N) is 1. The SMILES string of the molecule is C.NC(=O)c1ccc[n+]([C@@H]2O[C@H](COP(=O)(O)OP(=O)(O)OC[C@H]3O[C@@H](n4cnc5c(NCCCNC(=O)CCCCCCC(=O)CCCCCn6cc(COCCOCCF)nn6)ncnc54)[C@H](O)[C@@H]3O)[C@@H](O)[C@H]2O)c1. The van der Waals surface area contributed by atoms with Crippen LogP contribution >= 0.6 is 15.6 Å². The Morgan fingerprint density at radius 1 is 0.818 bits per heavy atom. The number of aromatic nitrogens is 8. The minimum Gasteiger partial charge on any atom is -0.387 e. The Morgan fingerprint density at radius 3 is 2.21 bits per heavy atom. The Bertz CT molecular complexity index is 2590. The number of phosphoric ester groups is 2. The Labute approximate surface area is 442 Å². The summed E-state index contributed by atoms with van der Waals surface area (Å²) in [7, 11) is -10.9. The Balaban J connectivity index is 0.0000109. The van der Waals surface area contributed by atoms with Crippen LogP contribution in [0.2, 0.25) is 0 Å². The number of pyridine rings is 1. The predicted octanol–water partition coefficient (Wildman–Crippen LogP) is 1.22. The van der Waals surface area contributed by atoms with E-state index in [1.807, 2.05) is 6.20 Å². The van der Waals surface area contributed by atoms with Crippen LogP contribution in [0.3, 0.4) is 0 Å². The number of hydrogen-bond donors (Lipinski definition) is 9. The van der Waals surface area contributed by atoms with E-state index >= 15 is 0 Å². The number of fused-ring (bicyclic) bond motifs is 1. The number of alkyl halides is 1. The zero-order valence-electron chi connectivity index (χ0n) is 41.5. The number of ketones is 1. The number of Topliss-reactive ketones (excluding diaryl/α,β-unsaturated/α-hetero) is 1. The number of ether oxygens (including phenoxy) is 4. The van der Waals surface area contributed by atoms with Crippen molar-refractivity contribution in [3.8, 4) is 0 Å². The Morgan fingerprint density at radius 2 is 1.49 bits per heavy atom. The maximum atomic E-state index is 12.7. The summed E-state index contributed by atoms with van der Waals surface area (Å²) in [6.45, 7) is 0.120. The lowest BCUT2D eigenvalue weighted by Gasteiger charge is -2.20. The molecule has 2 saturated heterocycles. The smallest absolute Gasteiger partial charge is 0.387 e. The summed E-state index contributed by atoms with van der Waals surface area (Å²) in [6.07, 6.45) is 2.44. The maximum absolute atomic E-state index is 12.7. The van der Waals surface area contributed by atoms with Crippen molar-refractivity contribution >= 4 is 50.2 Å². The molecule has 0 aliphatic carbocycles. The summed E-state index contributed by atoms with van der Waals surface area (Å²) in [6, 6.07) is 2.83. The number of nitrogens with one attached hydrogen (secondary N) is 2. The van der Waals surface area contributed by atoms with Gasteiger partial charge in [0.05, 0.1) is 52.2 Å². The lowest BCUT2D eigenvalue weighted by Crippen LogP contribution is -2.46. The van der Waals surface area contributed by atoms with Gasteiger partial charge >= 0.3 is 15.6 Å². The van der Waals surface area contributed by atoms with E-state index in [1.54, 1.807) is 4.68 Å². The van der Waals surface area contributed by atoms with Gasteiger partial charge in [-0.25, -0.2) is 28.5 Å². The van der Waals surface area contributed by atoms with Gasteiger partial charge in [-0.05, 0) is 38.2 Å². The number of aryl methyl sites for hydroxylation is 1. The molecular weight excluding hydrogens is 1060 g/mol. The molecule has 2 aliphatic rings. The molecule has 29 nitrogen and oxygen atoms in total. The lowest BCUT2D eigenvalue weighted by molar-refractivity contribution is -0.765. The van der Waals surface area contributed by atoms with Crippen molar-refractivity contribution in [2.45, 2.75) is 140 Å². The number of primary amides is 1. The molecule has 430 valence electrons. The van der Waals surface area contributed by atoms with E-state index < -0.39 is 90.5 Å². The van der Waals surface area contributed by atoms with Crippen molar-refractivity contribution in [1.82, 2.24) is 39.8 Å². The number of carbonyl (C=O) groups is 3. The third-order valence-corrected chi connectivity index (χ3v) is 14.7. The van der Waals surface area contributed by atoms with Gasteiger partial charge in [-0.1, -0.05) is 31.9 Å². The van der Waals surface area contributed by atoms with Crippen molar-refractivity contribution in [2.75, 3.05) is 58.1 Å². The number of rotatable bonds is 36. The monoisotopic (exact) mass is 1130 g/mol. The Kier molecular flexibility index (Phi) is 25.4. The molecule has 0 saturated carbocycles. The molecule has 2 unspecified atom stereocenters. The van der Waals surface area contributed by atoms with Crippen molar-refractivity contribution in [3.05, 3.63) is 54.6 Å². The lowest BCUT2D eigenvalue weighted by atomic mass is 10.0. The van der Waals surface area contributed by atoms with Gasteiger partial charge in [0.25, 0.3) is 12.1 Å². The highest BCUT2D eigenvalue weighted by Crippen LogP contribution is 2.61.